The Balaban J connectivity index is 1.82. The van der Waals surface area contributed by atoms with Crippen LogP contribution in [0.15, 0.2) is 24.4 Å². The highest BCUT2D eigenvalue weighted by Gasteiger charge is 2.10. The molecule has 1 aromatic heterocycles. The van der Waals surface area contributed by atoms with Gasteiger partial charge in [0, 0.05) is 32.7 Å². The van der Waals surface area contributed by atoms with E-state index < -0.39 is 0 Å². The fraction of sp³-hybridized carbons (Fsp3) is 0.385. The van der Waals surface area contributed by atoms with Crippen LogP contribution in [-0.2, 0) is 6.54 Å². The van der Waals surface area contributed by atoms with Gasteiger partial charge in [0.1, 0.15) is 5.82 Å². The lowest BCUT2D eigenvalue weighted by molar-refractivity contribution is 0.233. The molecule has 0 saturated carbocycles. The molecule has 0 amide bonds. The fourth-order valence-electron chi connectivity index (χ4n) is 2.30. The van der Waals surface area contributed by atoms with E-state index in [-0.39, 0.29) is 0 Å². The molecule has 1 saturated heterocycles. The number of nitrogen functional groups attached to an aromatic ring is 1. The lowest BCUT2D eigenvalue weighted by Crippen LogP contribution is -2.42. The van der Waals surface area contributed by atoms with E-state index in [4.69, 9.17) is 5.73 Å². The van der Waals surface area contributed by atoms with Crippen LogP contribution >= 0.6 is 0 Å². The number of fused-ring (bicyclic) bond motifs is 1. The molecule has 0 spiro atoms. The largest absolute Gasteiger partial charge is 0.382 e. The first kappa shape index (κ1) is 11.4. The molecule has 2 heterocycles. The molecule has 0 atom stereocenters. The van der Waals surface area contributed by atoms with Gasteiger partial charge in [0.25, 0.3) is 0 Å². The Hall–Kier alpha value is -1.72. The van der Waals surface area contributed by atoms with Crippen LogP contribution in [0.1, 0.15) is 5.56 Å². The Morgan fingerprint density at radius 3 is 2.89 bits per heavy atom. The van der Waals surface area contributed by atoms with E-state index in [1.807, 2.05) is 6.07 Å². The fourth-order valence-corrected chi connectivity index (χ4v) is 2.30. The number of rotatable bonds is 2. The summed E-state index contributed by atoms with van der Waals surface area (Å²) in [5.74, 6) is 0.470. The smallest absolute Gasteiger partial charge is 0.142 e. The molecule has 5 heteroatoms. The molecular weight excluding hydrogens is 226 g/mol. The third-order valence-corrected chi connectivity index (χ3v) is 3.24. The summed E-state index contributed by atoms with van der Waals surface area (Å²) in [6.45, 7) is 5.33. The Labute approximate surface area is 106 Å². The number of hydrogen-bond acceptors (Lipinski definition) is 5. The van der Waals surface area contributed by atoms with Crippen molar-refractivity contribution >= 4 is 16.9 Å². The van der Waals surface area contributed by atoms with Gasteiger partial charge >= 0.3 is 0 Å². The second-order valence-corrected chi connectivity index (χ2v) is 4.64. The van der Waals surface area contributed by atoms with E-state index in [0.717, 1.165) is 43.8 Å². The standard InChI is InChI=1S/C13H17N5/c14-13-8-16-12-7-10(1-2-11(12)17-13)9-18-5-3-15-4-6-18/h1-2,7-8,15H,3-6,9H2,(H2,14,17). The number of aromatic nitrogens is 2. The van der Waals surface area contributed by atoms with Gasteiger partial charge in [-0.2, -0.15) is 0 Å². The third kappa shape index (κ3) is 2.42. The first-order valence-corrected chi connectivity index (χ1v) is 6.25. The van der Waals surface area contributed by atoms with Gasteiger partial charge in [-0.1, -0.05) is 6.07 Å². The second kappa shape index (κ2) is 4.88. The van der Waals surface area contributed by atoms with E-state index in [1.165, 1.54) is 5.56 Å². The molecule has 1 aliphatic rings. The van der Waals surface area contributed by atoms with Gasteiger partial charge in [-0.15, -0.1) is 0 Å². The third-order valence-electron chi connectivity index (χ3n) is 3.24. The molecule has 1 aromatic carbocycles. The highest BCUT2D eigenvalue weighted by atomic mass is 15.2. The van der Waals surface area contributed by atoms with Crippen molar-refractivity contribution in [1.82, 2.24) is 20.2 Å². The highest BCUT2D eigenvalue weighted by molar-refractivity contribution is 5.75. The van der Waals surface area contributed by atoms with Gasteiger partial charge in [0.15, 0.2) is 0 Å². The summed E-state index contributed by atoms with van der Waals surface area (Å²) in [4.78, 5) is 11.0. The first-order valence-electron chi connectivity index (χ1n) is 6.25. The Morgan fingerprint density at radius 2 is 2.06 bits per heavy atom. The van der Waals surface area contributed by atoms with Crippen LogP contribution in [0.2, 0.25) is 0 Å². The van der Waals surface area contributed by atoms with Crippen LogP contribution in [0.4, 0.5) is 5.82 Å². The topological polar surface area (TPSA) is 67.1 Å². The molecule has 5 nitrogen and oxygen atoms in total. The predicted octanol–water partition coefficient (Wildman–Crippen LogP) is 0.617. The SMILES string of the molecule is Nc1cnc2cc(CN3CCNCC3)ccc2n1. The number of benzene rings is 1. The molecular formula is C13H17N5. The lowest BCUT2D eigenvalue weighted by Gasteiger charge is -2.27. The molecule has 2 aromatic rings. The van der Waals surface area contributed by atoms with Crippen molar-refractivity contribution < 1.29 is 0 Å². The minimum atomic E-state index is 0.470. The average molecular weight is 243 g/mol. The molecule has 1 aliphatic heterocycles. The summed E-state index contributed by atoms with van der Waals surface area (Å²) in [6.07, 6.45) is 1.61. The van der Waals surface area contributed by atoms with Gasteiger partial charge in [0.2, 0.25) is 0 Å². The maximum Gasteiger partial charge on any atom is 0.142 e. The quantitative estimate of drug-likeness (QED) is 0.809. The van der Waals surface area contributed by atoms with Crippen LogP contribution in [0, 0.1) is 0 Å². The van der Waals surface area contributed by atoms with Crippen molar-refractivity contribution in [2.45, 2.75) is 6.54 Å². The zero-order chi connectivity index (χ0) is 12.4. The van der Waals surface area contributed by atoms with E-state index in [0.29, 0.717) is 5.82 Å². The van der Waals surface area contributed by atoms with Crippen LogP contribution < -0.4 is 11.1 Å². The predicted molar refractivity (Wildman–Crippen MR) is 72.1 cm³/mol. The van der Waals surface area contributed by atoms with E-state index >= 15 is 0 Å². The lowest BCUT2D eigenvalue weighted by atomic mass is 10.1. The van der Waals surface area contributed by atoms with E-state index in [2.05, 4.69) is 32.3 Å². The second-order valence-electron chi connectivity index (χ2n) is 4.64. The minimum absolute atomic E-state index is 0.470. The van der Waals surface area contributed by atoms with Gasteiger partial charge in [-0.05, 0) is 17.7 Å². The summed E-state index contributed by atoms with van der Waals surface area (Å²) in [6, 6.07) is 6.21. The summed E-state index contributed by atoms with van der Waals surface area (Å²) >= 11 is 0. The van der Waals surface area contributed by atoms with Crippen molar-refractivity contribution in [3.63, 3.8) is 0 Å². The minimum Gasteiger partial charge on any atom is -0.382 e. The molecule has 0 bridgehead atoms. The van der Waals surface area contributed by atoms with Crippen molar-refractivity contribution in [1.29, 1.82) is 0 Å². The highest BCUT2D eigenvalue weighted by Crippen LogP contribution is 2.14. The van der Waals surface area contributed by atoms with Crippen LogP contribution in [0.3, 0.4) is 0 Å². The number of anilines is 1. The van der Waals surface area contributed by atoms with Gasteiger partial charge in [0.05, 0.1) is 17.2 Å². The Morgan fingerprint density at radius 1 is 1.22 bits per heavy atom. The number of hydrogen-bond donors (Lipinski definition) is 2. The summed E-state index contributed by atoms with van der Waals surface area (Å²) in [5, 5.41) is 3.36. The molecule has 3 N–H and O–H groups in total. The molecule has 94 valence electrons. The molecule has 0 radical (unpaired) electrons. The van der Waals surface area contributed by atoms with Crippen molar-refractivity contribution in [3.8, 4) is 0 Å². The Bertz CT molecular complexity index is 548. The number of nitrogens with one attached hydrogen (secondary N) is 1. The summed E-state index contributed by atoms with van der Waals surface area (Å²) in [5.41, 5.74) is 8.68. The van der Waals surface area contributed by atoms with Crippen LogP contribution in [-0.4, -0.2) is 41.0 Å². The zero-order valence-electron chi connectivity index (χ0n) is 10.3. The van der Waals surface area contributed by atoms with Crippen LogP contribution in [0.25, 0.3) is 11.0 Å². The number of nitrogens with two attached hydrogens (primary N) is 1. The first-order chi connectivity index (χ1) is 8.81. The maximum absolute atomic E-state index is 5.62. The van der Waals surface area contributed by atoms with Gasteiger partial charge in [-0.25, -0.2) is 4.98 Å². The Kier molecular flexibility index (Phi) is 3.08. The molecule has 1 fully saturated rings. The maximum atomic E-state index is 5.62. The van der Waals surface area contributed by atoms with Crippen molar-refractivity contribution in [2.24, 2.45) is 0 Å². The van der Waals surface area contributed by atoms with E-state index in [1.54, 1.807) is 6.20 Å². The van der Waals surface area contributed by atoms with Gasteiger partial charge in [-0.3, -0.25) is 9.88 Å². The number of piperazine rings is 1. The molecule has 18 heavy (non-hydrogen) atoms. The monoisotopic (exact) mass is 243 g/mol. The normalized spacial score (nSPS) is 17.1. The van der Waals surface area contributed by atoms with Crippen LogP contribution in [0.5, 0.6) is 0 Å². The zero-order valence-corrected chi connectivity index (χ0v) is 10.3. The van der Waals surface area contributed by atoms with Crippen molar-refractivity contribution in [3.05, 3.63) is 30.0 Å². The summed E-state index contributed by atoms with van der Waals surface area (Å²) < 4.78 is 0. The molecule has 0 aliphatic carbocycles. The molecule has 0 unspecified atom stereocenters. The number of nitrogens with zero attached hydrogens (tertiary/aromatic N) is 3. The summed E-state index contributed by atoms with van der Waals surface area (Å²) in [7, 11) is 0. The molecule has 3 rings (SSSR count). The van der Waals surface area contributed by atoms with E-state index in [9.17, 15) is 0 Å². The van der Waals surface area contributed by atoms with Gasteiger partial charge < -0.3 is 11.1 Å². The average Bonchev–Trinajstić information content (AvgIpc) is 2.40. The van der Waals surface area contributed by atoms with Crippen molar-refractivity contribution in [2.75, 3.05) is 31.9 Å².